The molecule has 0 aliphatic heterocycles. The second-order valence-corrected chi connectivity index (χ2v) is 2.63. The Balaban J connectivity index is 2.59. The van der Waals surface area contributed by atoms with Gasteiger partial charge in [0.2, 0.25) is 0 Å². The average molecular weight is 161 g/mol. The molecular weight excluding hydrogens is 156 g/mol. The maximum atomic E-state index is 11.7. The number of hydrogen-bond donors (Lipinski definition) is 0. The fraction of sp³-hybridized carbons (Fsp3) is 0.167. The molecule has 0 saturated heterocycles. The highest BCUT2D eigenvalue weighted by atomic mass is 32.2. The molecule has 0 amide bonds. The van der Waals surface area contributed by atoms with Crippen molar-refractivity contribution >= 4 is 11.8 Å². The summed E-state index contributed by atoms with van der Waals surface area (Å²) in [6.07, 6.45) is 2.96. The molecule has 0 radical (unpaired) electrons. The number of alkyl halides is 2. The van der Waals surface area contributed by atoms with E-state index in [1.54, 1.807) is 18.3 Å². The number of halogens is 2. The van der Waals surface area contributed by atoms with Gasteiger partial charge in [-0.25, -0.2) is 0 Å². The van der Waals surface area contributed by atoms with E-state index in [0.29, 0.717) is 16.7 Å². The highest BCUT2D eigenvalue weighted by Gasteiger charge is 2.03. The maximum Gasteiger partial charge on any atom is 0.288 e. The third kappa shape index (κ3) is 2.31. The lowest BCUT2D eigenvalue weighted by molar-refractivity contribution is 0.252. The molecule has 1 nitrogen and oxygen atoms in total. The van der Waals surface area contributed by atoms with Gasteiger partial charge in [-0.1, -0.05) is 11.8 Å². The zero-order chi connectivity index (χ0) is 7.40. The van der Waals surface area contributed by atoms with Gasteiger partial charge in [0, 0.05) is 17.3 Å². The van der Waals surface area contributed by atoms with Crippen molar-refractivity contribution in [3.05, 3.63) is 24.5 Å². The first kappa shape index (κ1) is 7.47. The number of aromatic nitrogens is 1. The van der Waals surface area contributed by atoms with Gasteiger partial charge in [0.1, 0.15) is 0 Å². The average Bonchev–Trinajstić information content (AvgIpc) is 1.88. The highest BCUT2D eigenvalue weighted by molar-refractivity contribution is 7.99. The van der Waals surface area contributed by atoms with Gasteiger partial charge < -0.3 is 0 Å². The second kappa shape index (κ2) is 3.51. The van der Waals surface area contributed by atoms with Crippen LogP contribution < -0.4 is 0 Å². The zero-order valence-corrected chi connectivity index (χ0v) is 5.81. The van der Waals surface area contributed by atoms with Gasteiger partial charge in [0.05, 0.1) is 0 Å². The first-order valence-corrected chi connectivity index (χ1v) is 3.52. The van der Waals surface area contributed by atoms with Gasteiger partial charge >= 0.3 is 0 Å². The van der Waals surface area contributed by atoms with Crippen molar-refractivity contribution in [1.82, 2.24) is 4.98 Å². The number of rotatable bonds is 2. The van der Waals surface area contributed by atoms with Crippen LogP contribution >= 0.6 is 11.8 Å². The summed E-state index contributed by atoms with van der Waals surface area (Å²) in [6.45, 7) is 0. The van der Waals surface area contributed by atoms with Crippen molar-refractivity contribution < 1.29 is 8.78 Å². The summed E-state index contributed by atoms with van der Waals surface area (Å²) in [5.41, 5.74) is 0. The Hall–Kier alpha value is -0.640. The normalized spacial score (nSPS) is 10.3. The van der Waals surface area contributed by atoms with Crippen molar-refractivity contribution in [3.8, 4) is 0 Å². The second-order valence-electron chi connectivity index (χ2n) is 1.57. The molecule has 0 aliphatic rings. The molecule has 1 rings (SSSR count). The maximum absolute atomic E-state index is 11.7. The molecule has 1 aromatic heterocycles. The third-order valence-corrected chi connectivity index (χ3v) is 1.55. The molecular formula is C6H5F2NS. The van der Waals surface area contributed by atoms with Crippen LogP contribution in [0.4, 0.5) is 8.78 Å². The smallest absolute Gasteiger partial charge is 0.264 e. The topological polar surface area (TPSA) is 12.9 Å². The first-order chi connectivity index (χ1) is 4.79. The van der Waals surface area contributed by atoms with E-state index >= 15 is 0 Å². The zero-order valence-electron chi connectivity index (χ0n) is 5.00. The van der Waals surface area contributed by atoms with E-state index in [0.717, 1.165) is 0 Å². The van der Waals surface area contributed by atoms with Crippen LogP contribution in [0.15, 0.2) is 29.4 Å². The number of nitrogens with zero attached hydrogens (tertiary/aromatic N) is 1. The van der Waals surface area contributed by atoms with Crippen LogP contribution in [0.5, 0.6) is 0 Å². The van der Waals surface area contributed by atoms with Gasteiger partial charge in [-0.3, -0.25) is 4.98 Å². The Morgan fingerprint density at radius 3 is 2.80 bits per heavy atom. The molecule has 0 aromatic carbocycles. The molecule has 0 atom stereocenters. The molecule has 0 fully saturated rings. The highest BCUT2D eigenvalue weighted by Crippen LogP contribution is 2.23. The number of hydrogen-bond acceptors (Lipinski definition) is 2. The monoisotopic (exact) mass is 161 g/mol. The largest absolute Gasteiger partial charge is 0.288 e. The Kier molecular flexibility index (Phi) is 2.62. The lowest BCUT2D eigenvalue weighted by Crippen LogP contribution is -1.81. The minimum atomic E-state index is -2.36. The standard InChI is InChI=1S/C6H5F2NS/c7-6(8)10-5-2-1-3-9-4-5/h1-4,6H. The molecule has 0 saturated carbocycles. The molecule has 0 N–H and O–H groups in total. The summed E-state index contributed by atoms with van der Waals surface area (Å²) in [5.74, 6) is -2.36. The van der Waals surface area contributed by atoms with Crippen LogP contribution in [0.3, 0.4) is 0 Å². The molecule has 4 heteroatoms. The van der Waals surface area contributed by atoms with Crippen molar-refractivity contribution in [2.45, 2.75) is 10.7 Å². The summed E-state index contributed by atoms with van der Waals surface area (Å²) in [4.78, 5) is 4.18. The Morgan fingerprint density at radius 1 is 1.50 bits per heavy atom. The molecule has 0 aliphatic carbocycles. The first-order valence-electron chi connectivity index (χ1n) is 2.64. The molecule has 0 spiro atoms. The molecule has 0 unspecified atom stereocenters. The van der Waals surface area contributed by atoms with Crippen molar-refractivity contribution in [2.24, 2.45) is 0 Å². The SMILES string of the molecule is FC(F)Sc1cccnc1. The van der Waals surface area contributed by atoms with Crippen LogP contribution in [0, 0.1) is 0 Å². The van der Waals surface area contributed by atoms with Crippen molar-refractivity contribution in [1.29, 1.82) is 0 Å². The summed E-state index contributed by atoms with van der Waals surface area (Å²) >= 11 is 0.503. The predicted molar refractivity (Wildman–Crippen MR) is 36.1 cm³/mol. The van der Waals surface area contributed by atoms with Gasteiger partial charge in [0.25, 0.3) is 5.76 Å². The summed E-state index contributed by atoms with van der Waals surface area (Å²) < 4.78 is 23.3. The molecule has 54 valence electrons. The number of pyridine rings is 1. The van der Waals surface area contributed by atoms with Crippen LogP contribution in [0.2, 0.25) is 0 Å². The van der Waals surface area contributed by atoms with E-state index in [-0.39, 0.29) is 0 Å². The molecule has 0 bridgehead atoms. The van der Waals surface area contributed by atoms with Gasteiger partial charge in [-0.15, -0.1) is 0 Å². The van der Waals surface area contributed by atoms with Crippen LogP contribution in [0.25, 0.3) is 0 Å². The van der Waals surface area contributed by atoms with Gasteiger partial charge in [-0.2, -0.15) is 8.78 Å². The van der Waals surface area contributed by atoms with Crippen LogP contribution in [-0.4, -0.2) is 10.7 Å². The summed E-state index contributed by atoms with van der Waals surface area (Å²) in [6, 6.07) is 3.23. The van der Waals surface area contributed by atoms with E-state index in [1.807, 2.05) is 0 Å². The van der Waals surface area contributed by atoms with E-state index < -0.39 is 5.76 Å². The molecule has 1 aromatic rings. The summed E-state index contributed by atoms with van der Waals surface area (Å²) in [7, 11) is 0. The van der Waals surface area contributed by atoms with E-state index in [9.17, 15) is 8.78 Å². The van der Waals surface area contributed by atoms with E-state index in [1.165, 1.54) is 6.20 Å². The van der Waals surface area contributed by atoms with Crippen LogP contribution in [-0.2, 0) is 0 Å². The fourth-order valence-corrected chi connectivity index (χ4v) is 1.00. The minimum absolute atomic E-state index is 0.498. The van der Waals surface area contributed by atoms with Crippen LogP contribution in [0.1, 0.15) is 0 Å². The quantitative estimate of drug-likeness (QED) is 0.618. The van der Waals surface area contributed by atoms with E-state index in [2.05, 4.69) is 4.98 Å². The minimum Gasteiger partial charge on any atom is -0.264 e. The van der Waals surface area contributed by atoms with Crippen molar-refractivity contribution in [2.75, 3.05) is 0 Å². The lowest BCUT2D eigenvalue weighted by atomic mass is 10.5. The van der Waals surface area contributed by atoms with Crippen molar-refractivity contribution in [3.63, 3.8) is 0 Å². The molecule has 1 heterocycles. The predicted octanol–water partition coefficient (Wildman–Crippen LogP) is 2.40. The third-order valence-electron chi connectivity index (χ3n) is 0.860. The lowest BCUT2D eigenvalue weighted by Gasteiger charge is -1.95. The fourth-order valence-electron chi connectivity index (χ4n) is 0.520. The van der Waals surface area contributed by atoms with E-state index in [4.69, 9.17) is 0 Å². The Labute approximate surface area is 61.5 Å². The molecule has 10 heavy (non-hydrogen) atoms. The Bertz CT molecular complexity index is 190. The van der Waals surface area contributed by atoms with Gasteiger partial charge in [-0.05, 0) is 12.1 Å². The number of thioether (sulfide) groups is 1. The Morgan fingerprint density at radius 2 is 2.30 bits per heavy atom. The summed E-state index contributed by atoms with van der Waals surface area (Å²) in [5, 5.41) is 0. The van der Waals surface area contributed by atoms with Gasteiger partial charge in [0.15, 0.2) is 0 Å².